The van der Waals surface area contributed by atoms with Crippen molar-refractivity contribution in [3.8, 4) is 27.9 Å². The van der Waals surface area contributed by atoms with Crippen LogP contribution in [0, 0.1) is 0 Å². The number of rotatable bonds is 6. The van der Waals surface area contributed by atoms with Gasteiger partial charge >= 0.3 is 0 Å². The summed E-state index contributed by atoms with van der Waals surface area (Å²) in [7, 11) is 0. The molecule has 0 aliphatic carbocycles. The maximum atomic E-state index is 2.48. The molecule has 1 aromatic heterocycles. The van der Waals surface area contributed by atoms with Gasteiger partial charge in [0.2, 0.25) is 0 Å². The minimum atomic E-state index is 0.0115. The summed E-state index contributed by atoms with van der Waals surface area (Å²) in [5, 5.41) is 10.1. The van der Waals surface area contributed by atoms with Crippen molar-refractivity contribution >= 4 is 71.2 Å². The van der Waals surface area contributed by atoms with Crippen molar-refractivity contribution in [2.24, 2.45) is 0 Å². The molecule has 0 aliphatic rings. The van der Waals surface area contributed by atoms with E-state index in [0.29, 0.717) is 0 Å². The van der Waals surface area contributed by atoms with Crippen LogP contribution < -0.4 is 4.90 Å². The Kier molecular flexibility index (Phi) is 9.57. The molecule has 1 heterocycles. The topological polar surface area (TPSA) is 8.17 Å². The number of aromatic nitrogens is 1. The Hall–Kier alpha value is -7.16. The van der Waals surface area contributed by atoms with E-state index >= 15 is 0 Å². The Morgan fingerprint density at radius 2 is 0.848 bits per heavy atom. The molecule has 11 aromatic rings. The zero-order valence-electron chi connectivity index (χ0n) is 39.8. The molecule has 0 atom stereocenters. The van der Waals surface area contributed by atoms with E-state index in [9.17, 15) is 0 Å². The van der Waals surface area contributed by atoms with E-state index < -0.39 is 0 Å². The lowest BCUT2D eigenvalue weighted by Crippen LogP contribution is -2.16. The van der Waals surface area contributed by atoms with Gasteiger partial charge in [0.25, 0.3) is 0 Å². The lowest BCUT2D eigenvalue weighted by atomic mass is 9.79. The van der Waals surface area contributed by atoms with Gasteiger partial charge in [0.15, 0.2) is 0 Å². The van der Waals surface area contributed by atoms with Crippen molar-refractivity contribution in [1.82, 2.24) is 4.57 Å². The Morgan fingerprint density at radius 3 is 1.44 bits per heavy atom. The van der Waals surface area contributed by atoms with Crippen LogP contribution in [0.3, 0.4) is 0 Å². The van der Waals surface area contributed by atoms with Gasteiger partial charge in [-0.15, -0.1) is 0 Å². The summed E-state index contributed by atoms with van der Waals surface area (Å²) in [6.45, 7) is 20.7. The maximum absolute atomic E-state index is 2.48. The Labute approximate surface area is 390 Å². The van der Waals surface area contributed by atoms with Crippen molar-refractivity contribution < 1.29 is 0 Å². The van der Waals surface area contributed by atoms with Crippen LogP contribution in [0.2, 0.25) is 0 Å². The maximum Gasteiger partial charge on any atom is 0.0541 e. The monoisotopic (exact) mass is 854 g/mol. The van der Waals surface area contributed by atoms with Crippen LogP contribution in [0.4, 0.5) is 17.1 Å². The van der Waals surface area contributed by atoms with Gasteiger partial charge < -0.3 is 9.47 Å². The third-order valence-corrected chi connectivity index (χ3v) is 14.0. The highest BCUT2D eigenvalue weighted by Gasteiger charge is 2.24. The zero-order valence-corrected chi connectivity index (χ0v) is 39.8. The quantitative estimate of drug-likeness (QED) is 0.151. The summed E-state index contributed by atoms with van der Waals surface area (Å²) in [5.74, 6) is 0. The Bertz CT molecular complexity index is 3530. The second kappa shape index (κ2) is 15.2. The Balaban J connectivity index is 1.12. The van der Waals surface area contributed by atoms with Crippen LogP contribution in [0.25, 0.3) is 82.1 Å². The fourth-order valence-corrected chi connectivity index (χ4v) is 10.2. The molecule has 0 fully saturated rings. The second-order valence-corrected chi connectivity index (χ2v) is 21.5. The summed E-state index contributed by atoms with van der Waals surface area (Å²) in [6, 6.07) is 70.9. The van der Waals surface area contributed by atoms with Crippen LogP contribution >= 0.6 is 0 Å². The van der Waals surface area contributed by atoms with E-state index in [-0.39, 0.29) is 16.2 Å². The molecule has 11 rings (SSSR count). The minimum Gasteiger partial charge on any atom is -0.310 e. The van der Waals surface area contributed by atoms with Crippen LogP contribution in [0.1, 0.15) is 79.0 Å². The first-order valence-corrected chi connectivity index (χ1v) is 23.6. The summed E-state index contributed by atoms with van der Waals surface area (Å²) < 4.78 is 2.47. The molecule has 10 aromatic carbocycles. The average molecular weight is 855 g/mol. The molecule has 0 unspecified atom stereocenters. The fraction of sp³-hybridized carbons (Fsp3) is 0.188. The molecule has 66 heavy (non-hydrogen) atoms. The largest absolute Gasteiger partial charge is 0.310 e. The highest BCUT2D eigenvalue weighted by atomic mass is 15.1. The Morgan fingerprint density at radius 1 is 0.333 bits per heavy atom. The molecule has 0 saturated heterocycles. The van der Waals surface area contributed by atoms with Gasteiger partial charge in [-0.05, 0) is 125 Å². The van der Waals surface area contributed by atoms with Gasteiger partial charge in [0.05, 0.1) is 22.4 Å². The van der Waals surface area contributed by atoms with E-state index in [0.717, 1.165) is 17.1 Å². The lowest BCUT2D eigenvalue weighted by Gasteiger charge is -2.29. The van der Waals surface area contributed by atoms with Crippen molar-refractivity contribution in [3.05, 3.63) is 205 Å². The standard InChI is InChI=1S/C64H58N2/c1-62(2,3)47-29-21-41(22-30-47)42-23-31-50(32-24-42)65(51-16-14-15-45(39-51)46-37-48(63(4,5)6)40-49(38-46)64(7,8)9)58-35-27-43-26-34-55-59(36-28-44-25-33-54(58)60(43)61(44)55)66-56-19-12-10-17-52(56)53-18-11-13-20-57(53)66/h10-40H,1-9H3. The first-order valence-electron chi connectivity index (χ1n) is 23.6. The third-order valence-electron chi connectivity index (χ3n) is 14.0. The number of benzene rings is 10. The molecule has 0 bridgehead atoms. The molecule has 0 spiro atoms. The first kappa shape index (κ1) is 41.5. The van der Waals surface area contributed by atoms with E-state index in [2.05, 4.69) is 260 Å². The highest BCUT2D eigenvalue weighted by molar-refractivity contribution is 6.27. The van der Waals surface area contributed by atoms with Gasteiger partial charge in [0, 0.05) is 32.9 Å². The molecule has 0 aliphatic heterocycles. The average Bonchev–Trinajstić information content (AvgIpc) is 3.64. The predicted octanol–water partition coefficient (Wildman–Crippen LogP) is 18.4. The smallest absolute Gasteiger partial charge is 0.0541 e. The third kappa shape index (κ3) is 7.02. The van der Waals surface area contributed by atoms with E-state index in [1.165, 1.54) is 98.8 Å². The minimum absolute atomic E-state index is 0.0115. The number of anilines is 3. The van der Waals surface area contributed by atoms with Crippen LogP contribution in [-0.2, 0) is 16.2 Å². The van der Waals surface area contributed by atoms with Gasteiger partial charge in [-0.1, -0.05) is 202 Å². The van der Waals surface area contributed by atoms with Crippen molar-refractivity contribution in [1.29, 1.82) is 0 Å². The molecule has 2 nitrogen and oxygen atoms in total. The molecule has 0 amide bonds. The first-order chi connectivity index (χ1) is 31.6. The number of nitrogens with zero attached hydrogens (tertiary/aromatic N) is 2. The molecular weight excluding hydrogens is 797 g/mol. The summed E-state index contributed by atoms with van der Waals surface area (Å²) in [5.41, 5.74) is 16.1. The van der Waals surface area contributed by atoms with Crippen LogP contribution in [0.5, 0.6) is 0 Å². The van der Waals surface area contributed by atoms with Gasteiger partial charge in [-0.2, -0.15) is 0 Å². The van der Waals surface area contributed by atoms with Crippen LogP contribution in [0.15, 0.2) is 188 Å². The summed E-state index contributed by atoms with van der Waals surface area (Å²) in [6.07, 6.45) is 0. The van der Waals surface area contributed by atoms with Crippen LogP contribution in [-0.4, -0.2) is 4.57 Å². The highest BCUT2D eigenvalue weighted by Crippen LogP contribution is 2.47. The molecule has 0 N–H and O–H groups in total. The number of fused-ring (bicyclic) bond motifs is 3. The van der Waals surface area contributed by atoms with Gasteiger partial charge in [0.1, 0.15) is 0 Å². The van der Waals surface area contributed by atoms with E-state index in [1.54, 1.807) is 0 Å². The molecular formula is C64H58N2. The van der Waals surface area contributed by atoms with E-state index in [1.807, 2.05) is 0 Å². The number of hydrogen-bond donors (Lipinski definition) is 0. The normalized spacial score (nSPS) is 12.6. The van der Waals surface area contributed by atoms with E-state index in [4.69, 9.17) is 0 Å². The second-order valence-electron chi connectivity index (χ2n) is 21.5. The van der Waals surface area contributed by atoms with Crippen molar-refractivity contribution in [2.45, 2.75) is 78.6 Å². The lowest BCUT2D eigenvalue weighted by molar-refractivity contribution is 0.569. The van der Waals surface area contributed by atoms with Crippen molar-refractivity contribution in [3.63, 3.8) is 0 Å². The zero-order chi connectivity index (χ0) is 45.7. The van der Waals surface area contributed by atoms with Crippen molar-refractivity contribution in [2.75, 3.05) is 4.90 Å². The predicted molar refractivity (Wildman–Crippen MR) is 286 cm³/mol. The van der Waals surface area contributed by atoms with Gasteiger partial charge in [-0.25, -0.2) is 0 Å². The summed E-state index contributed by atoms with van der Waals surface area (Å²) in [4.78, 5) is 2.48. The van der Waals surface area contributed by atoms with Gasteiger partial charge in [-0.3, -0.25) is 0 Å². The SMILES string of the molecule is CC(C)(C)c1ccc(-c2ccc(N(c3cccc(-c4cc(C(C)(C)C)cc(C(C)(C)C)c4)c3)c3ccc4ccc5c(-n6c7ccccc7c7ccccc76)ccc6ccc3c4c65)cc2)cc1. The molecule has 0 saturated carbocycles. The molecule has 2 heteroatoms. The summed E-state index contributed by atoms with van der Waals surface area (Å²) >= 11 is 0. The number of para-hydroxylation sites is 2. The molecule has 0 radical (unpaired) electrons. The number of hydrogen-bond acceptors (Lipinski definition) is 1. The fourth-order valence-electron chi connectivity index (χ4n) is 10.2. The molecule has 324 valence electrons.